The van der Waals surface area contributed by atoms with Crippen LogP contribution >= 0.6 is 0 Å². The molecule has 0 spiro atoms. The third kappa shape index (κ3) is 8.32. The first-order valence-corrected chi connectivity index (χ1v) is 10.0. The van der Waals surface area contributed by atoms with Crippen molar-refractivity contribution in [1.82, 2.24) is 21.3 Å². The highest BCUT2D eigenvalue weighted by Gasteiger charge is 2.31. The molecule has 0 aliphatic carbocycles. The van der Waals surface area contributed by atoms with Crippen LogP contribution in [0.25, 0.3) is 0 Å². The lowest BCUT2D eigenvalue weighted by Crippen LogP contribution is -2.60. The van der Waals surface area contributed by atoms with Gasteiger partial charge < -0.3 is 37.8 Å². The fourth-order valence-electron chi connectivity index (χ4n) is 2.80. The van der Waals surface area contributed by atoms with Gasteiger partial charge in [0.25, 0.3) is 5.91 Å². The van der Waals surface area contributed by atoms with Gasteiger partial charge in [0.15, 0.2) is 0 Å². The van der Waals surface area contributed by atoms with Crippen LogP contribution in [0.2, 0.25) is 0 Å². The molecule has 0 saturated carbocycles. The number of likely N-dealkylation sites (N-methyl/N-ethyl adjacent to an activating group) is 1. The van der Waals surface area contributed by atoms with E-state index in [1.54, 1.807) is 30.3 Å². The second-order valence-electron chi connectivity index (χ2n) is 6.95. The molecule has 11 nitrogen and oxygen atoms in total. The van der Waals surface area contributed by atoms with Gasteiger partial charge in [-0.05, 0) is 45.0 Å². The number of aliphatic hydroxyl groups is 1. The molecule has 0 radical (unpaired) electrons. The highest BCUT2D eigenvalue weighted by molar-refractivity contribution is 5.98. The molecule has 1 rings (SSSR count). The average molecular weight is 437 g/mol. The molecule has 4 unspecified atom stereocenters. The average Bonchev–Trinajstić information content (AvgIpc) is 2.76. The molecule has 1 aromatic carbocycles. The van der Waals surface area contributed by atoms with Gasteiger partial charge in [-0.1, -0.05) is 18.2 Å². The first kappa shape index (κ1) is 26.0. The molecule has 0 aliphatic rings. The number of hydrogen-bond acceptors (Lipinski definition) is 7. The van der Waals surface area contributed by atoms with E-state index < -0.39 is 47.9 Å². The molecule has 0 fully saturated rings. The Kier molecular flexibility index (Phi) is 11.2. The van der Waals surface area contributed by atoms with E-state index in [9.17, 15) is 24.3 Å². The molecule has 0 saturated heterocycles. The van der Waals surface area contributed by atoms with Crippen LogP contribution in [0.5, 0.6) is 0 Å². The van der Waals surface area contributed by atoms with Crippen molar-refractivity contribution in [1.29, 1.82) is 0 Å². The predicted octanol–water partition coefficient (Wildman–Crippen LogP) is -2.42. The Morgan fingerprint density at radius 2 is 1.42 bits per heavy atom. The van der Waals surface area contributed by atoms with E-state index in [2.05, 4.69) is 21.3 Å². The highest BCUT2D eigenvalue weighted by Crippen LogP contribution is 2.03. The summed E-state index contributed by atoms with van der Waals surface area (Å²) in [6, 6.07) is 5.01. The van der Waals surface area contributed by atoms with Crippen LogP contribution < -0.4 is 32.7 Å². The van der Waals surface area contributed by atoms with Crippen molar-refractivity contribution >= 4 is 23.6 Å². The summed E-state index contributed by atoms with van der Waals surface area (Å²) < 4.78 is 0. The van der Waals surface area contributed by atoms with Crippen molar-refractivity contribution in [3.05, 3.63) is 35.9 Å². The lowest BCUT2D eigenvalue weighted by Gasteiger charge is -2.26. The van der Waals surface area contributed by atoms with Crippen LogP contribution in [0.1, 0.15) is 30.1 Å². The number of aliphatic hydroxyl groups excluding tert-OH is 1. The molecule has 172 valence electrons. The zero-order valence-corrected chi connectivity index (χ0v) is 17.8. The predicted molar refractivity (Wildman–Crippen MR) is 115 cm³/mol. The quantitative estimate of drug-likeness (QED) is 0.190. The molecule has 0 heterocycles. The van der Waals surface area contributed by atoms with Crippen molar-refractivity contribution in [2.75, 3.05) is 20.1 Å². The Hall–Kier alpha value is -3.02. The molecule has 0 aromatic heterocycles. The molecule has 4 atom stereocenters. The number of carbonyl (C=O) groups is 4. The summed E-state index contributed by atoms with van der Waals surface area (Å²) in [5.41, 5.74) is 11.4. The summed E-state index contributed by atoms with van der Waals surface area (Å²) in [7, 11) is 1.42. The summed E-state index contributed by atoms with van der Waals surface area (Å²) >= 11 is 0. The molecule has 1 aromatic rings. The van der Waals surface area contributed by atoms with E-state index in [4.69, 9.17) is 11.5 Å². The Morgan fingerprint density at radius 1 is 0.871 bits per heavy atom. The van der Waals surface area contributed by atoms with Crippen LogP contribution in [0, 0.1) is 0 Å². The summed E-state index contributed by atoms with van der Waals surface area (Å²) in [6.07, 6.45) is -0.975. The van der Waals surface area contributed by atoms with Crippen molar-refractivity contribution in [3.8, 4) is 0 Å². The van der Waals surface area contributed by atoms with E-state index in [0.29, 0.717) is 5.56 Å². The van der Waals surface area contributed by atoms with E-state index in [-0.39, 0.29) is 25.9 Å². The highest BCUT2D eigenvalue weighted by atomic mass is 16.3. The summed E-state index contributed by atoms with van der Waals surface area (Å²) in [5.74, 6) is -2.38. The molecule has 0 bridgehead atoms. The van der Waals surface area contributed by atoms with Crippen molar-refractivity contribution in [2.45, 2.75) is 44.0 Å². The number of benzene rings is 1. The van der Waals surface area contributed by atoms with Gasteiger partial charge in [0.1, 0.15) is 18.1 Å². The van der Waals surface area contributed by atoms with E-state index in [1.165, 1.54) is 14.0 Å². The second kappa shape index (κ2) is 13.3. The van der Waals surface area contributed by atoms with Crippen LogP contribution in [0.4, 0.5) is 0 Å². The Bertz CT molecular complexity index is 743. The number of amides is 4. The van der Waals surface area contributed by atoms with Gasteiger partial charge in [-0.3, -0.25) is 19.2 Å². The van der Waals surface area contributed by atoms with Gasteiger partial charge in [0, 0.05) is 12.6 Å². The summed E-state index contributed by atoms with van der Waals surface area (Å²) in [6.45, 7) is 1.57. The maximum Gasteiger partial charge on any atom is 0.251 e. The molecule has 0 aliphatic heterocycles. The van der Waals surface area contributed by atoms with Gasteiger partial charge in [-0.25, -0.2) is 0 Å². The molecule has 4 amide bonds. The third-order valence-electron chi connectivity index (χ3n) is 4.51. The zero-order chi connectivity index (χ0) is 23.4. The minimum Gasteiger partial charge on any atom is -0.391 e. The lowest BCUT2D eigenvalue weighted by molar-refractivity contribution is -0.134. The first-order chi connectivity index (χ1) is 14.7. The van der Waals surface area contributed by atoms with E-state index in [0.717, 1.165) is 0 Å². The summed E-state index contributed by atoms with van der Waals surface area (Å²) in [5, 5.41) is 19.9. The largest absolute Gasteiger partial charge is 0.391 e. The Balaban J connectivity index is 2.89. The fourth-order valence-corrected chi connectivity index (χ4v) is 2.80. The zero-order valence-electron chi connectivity index (χ0n) is 17.8. The van der Waals surface area contributed by atoms with Crippen LogP contribution in [0.3, 0.4) is 0 Å². The van der Waals surface area contributed by atoms with Gasteiger partial charge in [-0.2, -0.15) is 0 Å². The SMILES string of the molecule is CNC(=O)C(CCN)NC(=O)C(NC(=O)C(CCN)NC(=O)c1ccccc1)C(C)O. The number of nitrogens with one attached hydrogen (secondary N) is 4. The van der Waals surface area contributed by atoms with Crippen molar-refractivity contribution in [2.24, 2.45) is 11.5 Å². The number of carbonyl (C=O) groups excluding carboxylic acids is 4. The van der Waals surface area contributed by atoms with Gasteiger partial charge in [0.2, 0.25) is 17.7 Å². The fraction of sp³-hybridized carbons (Fsp3) is 0.500. The second-order valence-corrected chi connectivity index (χ2v) is 6.95. The molecular weight excluding hydrogens is 404 g/mol. The topological polar surface area (TPSA) is 189 Å². The first-order valence-electron chi connectivity index (χ1n) is 10.0. The minimum atomic E-state index is -1.36. The van der Waals surface area contributed by atoms with Crippen LogP contribution in [-0.2, 0) is 14.4 Å². The molecular formula is C20H32N6O5. The van der Waals surface area contributed by atoms with Crippen LogP contribution in [-0.4, -0.2) is 73.1 Å². The smallest absolute Gasteiger partial charge is 0.251 e. The lowest BCUT2D eigenvalue weighted by atomic mass is 10.1. The van der Waals surface area contributed by atoms with E-state index >= 15 is 0 Å². The number of rotatable bonds is 12. The maximum atomic E-state index is 12.7. The monoisotopic (exact) mass is 436 g/mol. The molecule has 31 heavy (non-hydrogen) atoms. The van der Waals surface area contributed by atoms with Gasteiger partial charge >= 0.3 is 0 Å². The molecule has 11 heteroatoms. The Labute approximate surface area is 181 Å². The molecule has 9 N–H and O–H groups in total. The van der Waals surface area contributed by atoms with Gasteiger partial charge in [-0.15, -0.1) is 0 Å². The minimum absolute atomic E-state index is 0.105. The normalized spacial score (nSPS) is 14.5. The maximum absolute atomic E-state index is 12.7. The van der Waals surface area contributed by atoms with Crippen LogP contribution in [0.15, 0.2) is 30.3 Å². The van der Waals surface area contributed by atoms with Gasteiger partial charge in [0.05, 0.1) is 6.10 Å². The summed E-state index contributed by atoms with van der Waals surface area (Å²) in [4.78, 5) is 49.7. The van der Waals surface area contributed by atoms with Crippen molar-refractivity contribution < 1.29 is 24.3 Å². The van der Waals surface area contributed by atoms with Crippen molar-refractivity contribution in [3.63, 3.8) is 0 Å². The number of nitrogens with two attached hydrogens (primary N) is 2. The Morgan fingerprint density at radius 3 is 1.90 bits per heavy atom. The third-order valence-corrected chi connectivity index (χ3v) is 4.51. The standard InChI is InChI=1S/C20H32N6O5/c1-12(27)16(20(31)25-14(8-10-21)18(29)23-2)26-19(30)15(9-11-22)24-17(28)13-6-4-3-5-7-13/h3-7,12,14-16,27H,8-11,21-22H2,1-2H3,(H,23,29)(H,24,28)(H,25,31)(H,26,30). The number of hydrogen-bond donors (Lipinski definition) is 7. The van der Waals surface area contributed by atoms with E-state index in [1.807, 2.05) is 0 Å².